The SMILES string of the molecule is CCCCP.[Li+]. The van der Waals surface area contributed by atoms with Gasteiger partial charge >= 0.3 is 18.9 Å². The summed E-state index contributed by atoms with van der Waals surface area (Å²) in [4.78, 5) is 0. The van der Waals surface area contributed by atoms with Gasteiger partial charge in [0.15, 0.2) is 0 Å². The Morgan fingerprint density at radius 2 is 2.00 bits per heavy atom. The summed E-state index contributed by atoms with van der Waals surface area (Å²) >= 11 is 0. The molecule has 0 heterocycles. The third kappa shape index (κ3) is 8.90. The Morgan fingerprint density at radius 1 is 1.50 bits per heavy atom. The summed E-state index contributed by atoms with van der Waals surface area (Å²) in [5.74, 6) is 0. The van der Waals surface area contributed by atoms with Crippen LogP contribution in [0.15, 0.2) is 0 Å². The fourth-order valence-corrected chi connectivity index (χ4v) is 0.612. The number of rotatable bonds is 2. The van der Waals surface area contributed by atoms with E-state index in [1.165, 1.54) is 19.0 Å². The van der Waals surface area contributed by atoms with Crippen molar-refractivity contribution in [2.75, 3.05) is 6.16 Å². The molecule has 0 bridgehead atoms. The van der Waals surface area contributed by atoms with E-state index in [0.717, 1.165) is 0 Å². The van der Waals surface area contributed by atoms with Gasteiger partial charge in [-0.15, -0.1) is 9.24 Å². The molecule has 0 aliphatic carbocycles. The van der Waals surface area contributed by atoms with Crippen LogP contribution in [0.5, 0.6) is 0 Å². The van der Waals surface area contributed by atoms with E-state index in [-0.39, 0.29) is 18.9 Å². The molecule has 0 aromatic heterocycles. The largest absolute Gasteiger partial charge is 1.00 e. The Labute approximate surface area is 54.5 Å². The van der Waals surface area contributed by atoms with Crippen LogP contribution in [-0.4, -0.2) is 6.16 Å². The first-order chi connectivity index (χ1) is 2.41. The van der Waals surface area contributed by atoms with E-state index in [1.807, 2.05) is 0 Å². The molecule has 0 saturated heterocycles. The molecule has 0 aliphatic rings. The zero-order valence-electron chi connectivity index (χ0n) is 4.70. The minimum Gasteiger partial charge on any atom is -0.138 e. The summed E-state index contributed by atoms with van der Waals surface area (Å²) in [5, 5.41) is 0. The van der Waals surface area contributed by atoms with E-state index in [1.54, 1.807) is 0 Å². The molecule has 6 heavy (non-hydrogen) atoms. The van der Waals surface area contributed by atoms with Crippen molar-refractivity contribution in [2.45, 2.75) is 19.8 Å². The zero-order chi connectivity index (χ0) is 4.12. The maximum atomic E-state index is 2.70. The summed E-state index contributed by atoms with van der Waals surface area (Å²) in [7, 11) is 2.70. The molecule has 0 nitrogen and oxygen atoms in total. The van der Waals surface area contributed by atoms with Crippen LogP contribution in [0.25, 0.3) is 0 Å². The van der Waals surface area contributed by atoms with Gasteiger partial charge < -0.3 is 0 Å². The van der Waals surface area contributed by atoms with Crippen LogP contribution in [0.3, 0.4) is 0 Å². The van der Waals surface area contributed by atoms with Crippen molar-refractivity contribution in [2.24, 2.45) is 0 Å². The molecule has 0 aliphatic heterocycles. The molecule has 0 aromatic rings. The smallest absolute Gasteiger partial charge is 0.138 e. The van der Waals surface area contributed by atoms with Crippen LogP contribution in [0.2, 0.25) is 0 Å². The fourth-order valence-electron chi connectivity index (χ4n) is 0.204. The molecule has 1 unspecified atom stereocenters. The predicted molar refractivity (Wildman–Crippen MR) is 29.5 cm³/mol. The van der Waals surface area contributed by atoms with Crippen molar-refractivity contribution in [1.29, 1.82) is 0 Å². The van der Waals surface area contributed by atoms with E-state index < -0.39 is 0 Å². The Kier molecular flexibility index (Phi) is 15.8. The zero-order valence-corrected chi connectivity index (χ0v) is 5.85. The standard InChI is InChI=1S/C4H11P.Li/c1-2-3-4-5;/h2-5H2,1H3;/q;+1. The molecule has 2 heteroatoms. The van der Waals surface area contributed by atoms with Gasteiger partial charge in [0.1, 0.15) is 0 Å². The first-order valence-electron chi connectivity index (χ1n) is 2.12. The van der Waals surface area contributed by atoms with E-state index in [9.17, 15) is 0 Å². The molecule has 0 rings (SSSR count). The van der Waals surface area contributed by atoms with E-state index >= 15 is 0 Å². The van der Waals surface area contributed by atoms with Crippen molar-refractivity contribution in [3.8, 4) is 0 Å². The average molecular weight is 97.0 g/mol. The fraction of sp³-hybridized carbons (Fsp3) is 1.00. The topological polar surface area (TPSA) is 0 Å². The second-order valence-electron chi connectivity index (χ2n) is 1.14. The third-order valence-corrected chi connectivity index (χ3v) is 0.966. The molecule has 0 saturated carbocycles. The molecular formula is C4H11LiP+. The molecule has 0 N–H and O–H groups in total. The van der Waals surface area contributed by atoms with Crippen molar-refractivity contribution in [3.63, 3.8) is 0 Å². The van der Waals surface area contributed by atoms with Crippen LogP contribution < -0.4 is 18.9 Å². The van der Waals surface area contributed by atoms with Crippen molar-refractivity contribution in [3.05, 3.63) is 0 Å². The maximum absolute atomic E-state index is 2.70. The Hall–Kier alpha value is 1.03. The molecule has 0 radical (unpaired) electrons. The van der Waals surface area contributed by atoms with Crippen molar-refractivity contribution < 1.29 is 18.9 Å². The summed E-state index contributed by atoms with van der Waals surface area (Å²) in [5.41, 5.74) is 0. The average Bonchev–Trinajstić information content (AvgIpc) is 1.41. The van der Waals surface area contributed by atoms with Gasteiger partial charge in [-0.2, -0.15) is 0 Å². The van der Waals surface area contributed by atoms with Crippen LogP contribution in [0, 0.1) is 0 Å². The Bertz CT molecular complexity index is 15.0. The normalized spacial score (nSPS) is 7.00. The third-order valence-electron chi connectivity index (χ3n) is 0.558. The summed E-state index contributed by atoms with van der Waals surface area (Å²) in [6, 6.07) is 0. The summed E-state index contributed by atoms with van der Waals surface area (Å²) in [6.45, 7) is 2.20. The Balaban J connectivity index is 0. The van der Waals surface area contributed by atoms with Crippen LogP contribution >= 0.6 is 9.24 Å². The molecule has 32 valence electrons. The van der Waals surface area contributed by atoms with E-state index in [2.05, 4.69) is 16.2 Å². The first kappa shape index (κ1) is 10.1. The van der Waals surface area contributed by atoms with E-state index in [4.69, 9.17) is 0 Å². The van der Waals surface area contributed by atoms with Gasteiger partial charge in [-0.25, -0.2) is 0 Å². The molecule has 0 amide bonds. The molecular weight excluding hydrogens is 86.0 g/mol. The predicted octanol–water partition coefficient (Wildman–Crippen LogP) is -1.33. The van der Waals surface area contributed by atoms with Crippen LogP contribution in [-0.2, 0) is 0 Å². The van der Waals surface area contributed by atoms with Gasteiger partial charge in [-0.3, -0.25) is 0 Å². The summed E-state index contributed by atoms with van der Waals surface area (Å²) in [6.07, 6.45) is 3.94. The van der Waals surface area contributed by atoms with Gasteiger partial charge in [-0.1, -0.05) is 19.8 Å². The second kappa shape index (κ2) is 9.39. The number of hydrogen-bond acceptors (Lipinski definition) is 0. The minimum atomic E-state index is 0. The van der Waals surface area contributed by atoms with Crippen LogP contribution in [0.4, 0.5) is 0 Å². The second-order valence-corrected chi connectivity index (χ2v) is 1.72. The first-order valence-corrected chi connectivity index (χ1v) is 2.93. The van der Waals surface area contributed by atoms with Gasteiger partial charge in [0.05, 0.1) is 0 Å². The van der Waals surface area contributed by atoms with Crippen molar-refractivity contribution >= 4 is 9.24 Å². The molecule has 0 aromatic carbocycles. The summed E-state index contributed by atoms with van der Waals surface area (Å²) < 4.78 is 0. The van der Waals surface area contributed by atoms with Gasteiger partial charge in [0.25, 0.3) is 0 Å². The van der Waals surface area contributed by atoms with Gasteiger partial charge in [0.2, 0.25) is 0 Å². The Morgan fingerprint density at radius 3 is 2.00 bits per heavy atom. The monoisotopic (exact) mass is 97.1 g/mol. The number of unbranched alkanes of at least 4 members (excludes halogenated alkanes) is 1. The minimum absolute atomic E-state index is 0. The van der Waals surface area contributed by atoms with Gasteiger partial charge in [-0.05, 0) is 6.16 Å². The molecule has 1 atom stereocenters. The maximum Gasteiger partial charge on any atom is 1.00 e. The molecule has 0 fully saturated rings. The molecule has 0 spiro atoms. The van der Waals surface area contributed by atoms with Crippen LogP contribution in [0.1, 0.15) is 19.8 Å². The van der Waals surface area contributed by atoms with Gasteiger partial charge in [0, 0.05) is 0 Å². The van der Waals surface area contributed by atoms with E-state index in [0.29, 0.717) is 0 Å². The van der Waals surface area contributed by atoms with Crippen molar-refractivity contribution in [1.82, 2.24) is 0 Å². The number of hydrogen-bond donors (Lipinski definition) is 0. The quantitative estimate of drug-likeness (QED) is 0.295.